The predicted octanol–water partition coefficient (Wildman–Crippen LogP) is 0.540. The van der Waals surface area contributed by atoms with Crippen molar-refractivity contribution in [3.8, 4) is 0 Å². The molecule has 1 aliphatic heterocycles. The first-order valence-corrected chi connectivity index (χ1v) is 5.57. The van der Waals surface area contributed by atoms with Crippen LogP contribution < -0.4 is 16.4 Å². The summed E-state index contributed by atoms with van der Waals surface area (Å²) >= 11 is 5.92. The summed E-state index contributed by atoms with van der Waals surface area (Å²) in [5.74, 6) is -0.419. The summed E-state index contributed by atoms with van der Waals surface area (Å²) in [5.41, 5.74) is 6.28. The molecule has 90 valence electrons. The monoisotopic (exact) mass is 253 g/mol. The minimum absolute atomic E-state index is 0.0672. The second kappa shape index (κ2) is 4.63. The first-order chi connectivity index (χ1) is 8.08. The molecule has 0 aromatic heterocycles. The fourth-order valence-electron chi connectivity index (χ4n) is 1.75. The molecule has 1 aromatic rings. The van der Waals surface area contributed by atoms with Gasteiger partial charge >= 0.3 is 0 Å². The van der Waals surface area contributed by atoms with Crippen molar-refractivity contribution in [2.24, 2.45) is 0 Å². The Morgan fingerprint density at radius 3 is 2.88 bits per heavy atom. The molecule has 0 spiro atoms. The Morgan fingerprint density at radius 2 is 2.29 bits per heavy atom. The molecule has 1 heterocycles. The molecule has 4 N–H and O–H groups in total. The maximum Gasteiger partial charge on any atom is 0.255 e. The van der Waals surface area contributed by atoms with E-state index in [2.05, 4.69) is 10.6 Å². The number of carbonyl (C=O) groups excluding carboxylic acids is 2. The summed E-state index contributed by atoms with van der Waals surface area (Å²) in [5, 5.41) is 5.66. The van der Waals surface area contributed by atoms with Crippen LogP contribution >= 0.6 is 11.6 Å². The van der Waals surface area contributed by atoms with Gasteiger partial charge in [0.1, 0.15) is 0 Å². The van der Waals surface area contributed by atoms with Gasteiger partial charge in [0.25, 0.3) is 5.91 Å². The highest BCUT2D eigenvalue weighted by atomic mass is 35.5. The molecule has 17 heavy (non-hydrogen) atoms. The molecule has 1 saturated heterocycles. The largest absolute Gasteiger partial charge is 0.398 e. The molecule has 2 amide bonds. The van der Waals surface area contributed by atoms with E-state index in [1.165, 1.54) is 0 Å². The van der Waals surface area contributed by atoms with E-state index in [-0.39, 0.29) is 29.8 Å². The molecule has 0 bridgehead atoms. The molecule has 0 saturated carbocycles. The van der Waals surface area contributed by atoms with E-state index in [4.69, 9.17) is 17.3 Å². The van der Waals surface area contributed by atoms with Gasteiger partial charge in [0.15, 0.2) is 0 Å². The Kier molecular flexibility index (Phi) is 3.19. The number of hydrogen-bond donors (Lipinski definition) is 3. The minimum Gasteiger partial charge on any atom is -0.398 e. The molecule has 1 fully saturated rings. The zero-order chi connectivity index (χ0) is 12.4. The number of rotatable bonds is 2. The van der Waals surface area contributed by atoms with E-state index in [1.54, 1.807) is 18.2 Å². The van der Waals surface area contributed by atoms with Crippen LogP contribution in [-0.2, 0) is 4.79 Å². The Morgan fingerprint density at radius 1 is 1.53 bits per heavy atom. The Bertz CT molecular complexity index is 456. The third kappa shape index (κ3) is 2.50. The van der Waals surface area contributed by atoms with Gasteiger partial charge in [-0.15, -0.1) is 0 Å². The Labute approximate surface area is 103 Å². The summed E-state index contributed by atoms with van der Waals surface area (Å²) in [6.45, 7) is 0.439. The van der Waals surface area contributed by atoms with Gasteiger partial charge in [0.2, 0.25) is 5.91 Å². The van der Waals surface area contributed by atoms with Gasteiger partial charge < -0.3 is 16.4 Å². The van der Waals surface area contributed by atoms with E-state index in [1.807, 2.05) is 0 Å². The Hall–Kier alpha value is -1.75. The van der Waals surface area contributed by atoms with Gasteiger partial charge in [-0.1, -0.05) is 17.7 Å². The van der Waals surface area contributed by atoms with Crippen LogP contribution in [0.3, 0.4) is 0 Å². The molecule has 0 aliphatic carbocycles. The highest BCUT2D eigenvalue weighted by Gasteiger charge is 2.24. The molecule has 0 radical (unpaired) electrons. The molecular weight excluding hydrogens is 242 g/mol. The van der Waals surface area contributed by atoms with Crippen molar-refractivity contribution in [2.45, 2.75) is 12.5 Å². The number of nitrogens with two attached hydrogens (primary N) is 1. The zero-order valence-electron chi connectivity index (χ0n) is 9.00. The van der Waals surface area contributed by atoms with Crippen LogP contribution in [0.1, 0.15) is 16.8 Å². The number of amides is 2. The van der Waals surface area contributed by atoms with Gasteiger partial charge in [-0.25, -0.2) is 0 Å². The van der Waals surface area contributed by atoms with Crippen LogP contribution in [0, 0.1) is 0 Å². The van der Waals surface area contributed by atoms with Crippen molar-refractivity contribution >= 4 is 29.1 Å². The lowest BCUT2D eigenvalue weighted by molar-refractivity contribution is -0.119. The van der Waals surface area contributed by atoms with Crippen LogP contribution in [0.15, 0.2) is 18.2 Å². The molecule has 5 nitrogen and oxygen atoms in total. The van der Waals surface area contributed by atoms with E-state index in [0.717, 1.165) is 0 Å². The van der Waals surface area contributed by atoms with Gasteiger partial charge in [-0.3, -0.25) is 9.59 Å². The molecule has 1 aliphatic rings. The van der Waals surface area contributed by atoms with Crippen molar-refractivity contribution in [1.82, 2.24) is 10.6 Å². The molecular formula is C11H12ClN3O2. The average molecular weight is 254 g/mol. The van der Waals surface area contributed by atoms with Crippen molar-refractivity contribution in [3.05, 3.63) is 28.8 Å². The second-order valence-electron chi connectivity index (χ2n) is 3.88. The number of nitrogen functional groups attached to an aromatic ring is 1. The summed E-state index contributed by atoms with van der Waals surface area (Å²) in [6, 6.07) is 4.68. The van der Waals surface area contributed by atoms with E-state index in [0.29, 0.717) is 17.3 Å². The van der Waals surface area contributed by atoms with Crippen molar-refractivity contribution in [2.75, 3.05) is 12.3 Å². The number of carbonyl (C=O) groups is 2. The molecule has 2 rings (SSSR count). The topological polar surface area (TPSA) is 84.2 Å². The highest BCUT2D eigenvalue weighted by molar-refractivity contribution is 6.34. The lowest BCUT2D eigenvalue weighted by Gasteiger charge is -2.12. The number of nitrogens with one attached hydrogen (secondary N) is 2. The Balaban J connectivity index is 2.12. The predicted molar refractivity (Wildman–Crippen MR) is 64.7 cm³/mol. The fourth-order valence-corrected chi connectivity index (χ4v) is 2.01. The maximum atomic E-state index is 11.9. The third-order valence-corrected chi connectivity index (χ3v) is 2.90. The van der Waals surface area contributed by atoms with Gasteiger partial charge in [0, 0.05) is 18.7 Å². The van der Waals surface area contributed by atoms with Crippen molar-refractivity contribution < 1.29 is 9.59 Å². The van der Waals surface area contributed by atoms with E-state index >= 15 is 0 Å². The van der Waals surface area contributed by atoms with Crippen molar-refractivity contribution in [1.29, 1.82) is 0 Å². The highest BCUT2D eigenvalue weighted by Crippen LogP contribution is 2.21. The minimum atomic E-state index is -0.352. The number of anilines is 1. The van der Waals surface area contributed by atoms with Crippen LogP contribution in [0.2, 0.25) is 5.02 Å². The number of halogens is 1. The van der Waals surface area contributed by atoms with E-state index in [9.17, 15) is 9.59 Å². The third-order valence-electron chi connectivity index (χ3n) is 2.59. The molecule has 1 unspecified atom stereocenters. The SMILES string of the molecule is Nc1cccc(Cl)c1C(=O)NC1CNC(=O)C1. The molecule has 6 heteroatoms. The lowest BCUT2D eigenvalue weighted by atomic mass is 10.1. The fraction of sp³-hybridized carbons (Fsp3) is 0.273. The number of hydrogen-bond acceptors (Lipinski definition) is 3. The van der Waals surface area contributed by atoms with E-state index < -0.39 is 0 Å². The van der Waals surface area contributed by atoms with Crippen LogP contribution in [0.5, 0.6) is 0 Å². The van der Waals surface area contributed by atoms with Crippen molar-refractivity contribution in [3.63, 3.8) is 0 Å². The van der Waals surface area contributed by atoms with Gasteiger partial charge in [-0.2, -0.15) is 0 Å². The normalized spacial score (nSPS) is 18.9. The van der Waals surface area contributed by atoms with Gasteiger partial charge in [-0.05, 0) is 12.1 Å². The maximum absolute atomic E-state index is 11.9. The number of benzene rings is 1. The van der Waals surface area contributed by atoms with Crippen LogP contribution in [-0.4, -0.2) is 24.4 Å². The molecule has 1 atom stereocenters. The molecule has 1 aromatic carbocycles. The zero-order valence-corrected chi connectivity index (χ0v) is 9.75. The summed E-state index contributed by atoms with van der Waals surface area (Å²) in [6.07, 6.45) is 0.288. The van der Waals surface area contributed by atoms with Gasteiger partial charge in [0.05, 0.1) is 16.6 Å². The second-order valence-corrected chi connectivity index (χ2v) is 4.29. The standard InChI is InChI=1S/C11H12ClN3O2/c12-7-2-1-3-8(13)10(7)11(17)15-6-4-9(16)14-5-6/h1-3,6H,4-5,13H2,(H,14,16)(H,15,17). The first-order valence-electron chi connectivity index (χ1n) is 5.19. The summed E-state index contributed by atoms with van der Waals surface area (Å²) in [4.78, 5) is 22.9. The first kappa shape index (κ1) is 11.7. The van der Waals surface area contributed by atoms with Crippen LogP contribution in [0.4, 0.5) is 5.69 Å². The summed E-state index contributed by atoms with van der Waals surface area (Å²) in [7, 11) is 0. The quantitative estimate of drug-likeness (QED) is 0.673. The van der Waals surface area contributed by atoms with Crippen LogP contribution in [0.25, 0.3) is 0 Å². The smallest absolute Gasteiger partial charge is 0.255 e. The summed E-state index contributed by atoms with van der Waals surface area (Å²) < 4.78 is 0. The lowest BCUT2D eigenvalue weighted by Crippen LogP contribution is -2.36. The average Bonchev–Trinajstić information content (AvgIpc) is 2.63.